The van der Waals surface area contributed by atoms with Gasteiger partial charge >= 0.3 is 0 Å². The zero-order valence-electron chi connectivity index (χ0n) is 9.49. The van der Waals surface area contributed by atoms with E-state index in [0.717, 1.165) is 25.9 Å². The van der Waals surface area contributed by atoms with Gasteiger partial charge in [0.05, 0.1) is 6.10 Å². The predicted molar refractivity (Wildman–Crippen MR) is 63.8 cm³/mol. The summed E-state index contributed by atoms with van der Waals surface area (Å²) < 4.78 is 5.64. The standard InChI is InChI=1S/C13H21NO/c1-2-13(11-14)15-10-6-9-12-7-4-3-5-8-12/h3-5,7-8,13H,2,6,9-11,14H2,1H3. The molecule has 1 unspecified atom stereocenters. The summed E-state index contributed by atoms with van der Waals surface area (Å²) in [4.78, 5) is 0. The molecule has 2 nitrogen and oxygen atoms in total. The van der Waals surface area contributed by atoms with Gasteiger partial charge in [0.25, 0.3) is 0 Å². The van der Waals surface area contributed by atoms with Gasteiger partial charge in [-0.05, 0) is 24.8 Å². The van der Waals surface area contributed by atoms with Crippen molar-refractivity contribution in [1.82, 2.24) is 0 Å². The molecule has 15 heavy (non-hydrogen) atoms. The second-order valence-corrected chi connectivity index (χ2v) is 3.73. The molecule has 0 fully saturated rings. The number of aryl methyl sites for hydroxylation is 1. The lowest BCUT2D eigenvalue weighted by Crippen LogP contribution is -2.23. The molecule has 1 aromatic carbocycles. The number of ether oxygens (including phenoxy) is 1. The van der Waals surface area contributed by atoms with E-state index < -0.39 is 0 Å². The van der Waals surface area contributed by atoms with Gasteiger partial charge in [-0.3, -0.25) is 0 Å². The average molecular weight is 207 g/mol. The van der Waals surface area contributed by atoms with Gasteiger partial charge < -0.3 is 10.5 Å². The Morgan fingerprint density at radius 2 is 2.00 bits per heavy atom. The highest BCUT2D eigenvalue weighted by Crippen LogP contribution is 2.04. The zero-order valence-corrected chi connectivity index (χ0v) is 9.49. The monoisotopic (exact) mass is 207 g/mol. The fourth-order valence-electron chi connectivity index (χ4n) is 1.52. The van der Waals surface area contributed by atoms with E-state index in [4.69, 9.17) is 10.5 Å². The van der Waals surface area contributed by atoms with Gasteiger partial charge in [0, 0.05) is 13.2 Å². The largest absolute Gasteiger partial charge is 0.377 e. The molecule has 1 atom stereocenters. The number of rotatable bonds is 7. The third kappa shape index (κ3) is 4.96. The molecule has 0 saturated heterocycles. The molecule has 0 spiro atoms. The molecule has 1 rings (SSSR count). The van der Waals surface area contributed by atoms with E-state index in [1.807, 2.05) is 6.07 Å². The molecule has 0 saturated carbocycles. The van der Waals surface area contributed by atoms with E-state index in [2.05, 4.69) is 31.2 Å². The smallest absolute Gasteiger partial charge is 0.0694 e. The summed E-state index contributed by atoms with van der Waals surface area (Å²) in [5, 5.41) is 0. The lowest BCUT2D eigenvalue weighted by molar-refractivity contribution is 0.0552. The van der Waals surface area contributed by atoms with Gasteiger partial charge in [0.1, 0.15) is 0 Å². The van der Waals surface area contributed by atoms with Crippen LogP contribution in [0.2, 0.25) is 0 Å². The number of hydrogen-bond acceptors (Lipinski definition) is 2. The normalized spacial score (nSPS) is 12.7. The van der Waals surface area contributed by atoms with Crippen LogP contribution in [-0.2, 0) is 11.2 Å². The molecule has 0 heterocycles. The van der Waals surface area contributed by atoms with E-state index in [-0.39, 0.29) is 6.10 Å². The molecule has 0 aliphatic heterocycles. The molecule has 0 aliphatic rings. The third-order valence-electron chi connectivity index (χ3n) is 2.52. The van der Waals surface area contributed by atoms with Crippen LogP contribution >= 0.6 is 0 Å². The van der Waals surface area contributed by atoms with Crippen LogP contribution in [0.3, 0.4) is 0 Å². The van der Waals surface area contributed by atoms with Gasteiger partial charge in [0.2, 0.25) is 0 Å². The lowest BCUT2D eigenvalue weighted by Gasteiger charge is -2.13. The number of hydrogen-bond donors (Lipinski definition) is 1. The maximum atomic E-state index is 5.64. The summed E-state index contributed by atoms with van der Waals surface area (Å²) in [6.45, 7) is 3.54. The molecule has 84 valence electrons. The summed E-state index contributed by atoms with van der Waals surface area (Å²) in [5.74, 6) is 0. The zero-order chi connectivity index (χ0) is 10.9. The minimum atomic E-state index is 0.237. The van der Waals surface area contributed by atoms with Crippen LogP contribution in [0, 0.1) is 0 Å². The Hall–Kier alpha value is -0.860. The quantitative estimate of drug-likeness (QED) is 0.697. The van der Waals surface area contributed by atoms with Gasteiger partial charge in [-0.2, -0.15) is 0 Å². The maximum absolute atomic E-state index is 5.64. The molecule has 2 heteroatoms. The fraction of sp³-hybridized carbons (Fsp3) is 0.538. The van der Waals surface area contributed by atoms with Crippen molar-refractivity contribution in [1.29, 1.82) is 0 Å². The van der Waals surface area contributed by atoms with Crippen LogP contribution < -0.4 is 5.73 Å². The molecule has 0 aliphatic carbocycles. The Kier molecular flexibility index (Phi) is 6.05. The maximum Gasteiger partial charge on any atom is 0.0694 e. The number of benzene rings is 1. The van der Waals surface area contributed by atoms with Crippen molar-refractivity contribution in [2.24, 2.45) is 5.73 Å². The Balaban J connectivity index is 2.12. The summed E-state index contributed by atoms with van der Waals surface area (Å²) >= 11 is 0. The van der Waals surface area contributed by atoms with Gasteiger partial charge in [-0.15, -0.1) is 0 Å². The first-order valence-corrected chi connectivity index (χ1v) is 5.72. The molecule has 0 radical (unpaired) electrons. The van der Waals surface area contributed by atoms with Crippen molar-refractivity contribution in [2.45, 2.75) is 32.3 Å². The van der Waals surface area contributed by atoms with Gasteiger partial charge in [-0.1, -0.05) is 37.3 Å². The summed E-state index contributed by atoms with van der Waals surface area (Å²) in [7, 11) is 0. The summed E-state index contributed by atoms with van der Waals surface area (Å²) in [6, 6.07) is 10.5. The van der Waals surface area contributed by atoms with E-state index in [1.165, 1.54) is 5.56 Å². The molecule has 2 N–H and O–H groups in total. The Bertz CT molecular complexity index is 244. The highest BCUT2D eigenvalue weighted by atomic mass is 16.5. The number of nitrogens with two attached hydrogens (primary N) is 1. The first-order valence-electron chi connectivity index (χ1n) is 5.72. The molecule has 0 aromatic heterocycles. The first-order chi connectivity index (χ1) is 7.36. The molecular formula is C13H21NO. The Morgan fingerprint density at radius 1 is 1.27 bits per heavy atom. The van der Waals surface area contributed by atoms with Crippen molar-refractivity contribution in [3.63, 3.8) is 0 Å². The lowest BCUT2D eigenvalue weighted by atomic mass is 10.1. The van der Waals surface area contributed by atoms with E-state index in [9.17, 15) is 0 Å². The van der Waals surface area contributed by atoms with Crippen LogP contribution in [0.5, 0.6) is 0 Å². The van der Waals surface area contributed by atoms with Crippen LogP contribution in [0.4, 0.5) is 0 Å². The third-order valence-corrected chi connectivity index (χ3v) is 2.52. The molecule has 0 amide bonds. The highest BCUT2D eigenvalue weighted by molar-refractivity contribution is 5.14. The van der Waals surface area contributed by atoms with Crippen molar-refractivity contribution < 1.29 is 4.74 Å². The minimum absolute atomic E-state index is 0.237. The molecule has 0 bridgehead atoms. The van der Waals surface area contributed by atoms with E-state index in [1.54, 1.807) is 0 Å². The topological polar surface area (TPSA) is 35.2 Å². The first kappa shape index (κ1) is 12.2. The fourth-order valence-corrected chi connectivity index (χ4v) is 1.52. The second kappa shape index (κ2) is 7.43. The van der Waals surface area contributed by atoms with Crippen molar-refractivity contribution in [2.75, 3.05) is 13.2 Å². The average Bonchev–Trinajstić information content (AvgIpc) is 2.31. The predicted octanol–water partition coefficient (Wildman–Crippen LogP) is 2.37. The van der Waals surface area contributed by atoms with E-state index >= 15 is 0 Å². The van der Waals surface area contributed by atoms with Crippen LogP contribution in [0.25, 0.3) is 0 Å². The van der Waals surface area contributed by atoms with Gasteiger partial charge in [-0.25, -0.2) is 0 Å². The summed E-state index contributed by atoms with van der Waals surface area (Å²) in [5.41, 5.74) is 6.93. The Morgan fingerprint density at radius 3 is 2.60 bits per heavy atom. The van der Waals surface area contributed by atoms with Crippen LogP contribution in [-0.4, -0.2) is 19.3 Å². The summed E-state index contributed by atoms with van der Waals surface area (Å²) in [6.07, 6.45) is 3.39. The second-order valence-electron chi connectivity index (χ2n) is 3.73. The van der Waals surface area contributed by atoms with E-state index in [0.29, 0.717) is 6.54 Å². The van der Waals surface area contributed by atoms with Crippen molar-refractivity contribution in [3.05, 3.63) is 35.9 Å². The van der Waals surface area contributed by atoms with Crippen LogP contribution in [0.1, 0.15) is 25.3 Å². The van der Waals surface area contributed by atoms with Crippen molar-refractivity contribution in [3.8, 4) is 0 Å². The minimum Gasteiger partial charge on any atom is -0.377 e. The van der Waals surface area contributed by atoms with Crippen LogP contribution in [0.15, 0.2) is 30.3 Å². The molecule has 1 aromatic rings. The van der Waals surface area contributed by atoms with Crippen molar-refractivity contribution >= 4 is 0 Å². The van der Waals surface area contributed by atoms with Gasteiger partial charge in [0.15, 0.2) is 0 Å². The molecular weight excluding hydrogens is 186 g/mol. The highest BCUT2D eigenvalue weighted by Gasteiger charge is 2.02. The Labute approximate surface area is 92.4 Å². The SMILES string of the molecule is CCC(CN)OCCCc1ccccc1.